The molecule has 1 aromatic carbocycles. The summed E-state index contributed by atoms with van der Waals surface area (Å²) >= 11 is 0. The average molecular weight is 523 g/mol. The number of aliphatic hydroxyl groups excluding tert-OH is 5. The number of carbonyl (C=O) groups excluding carboxylic acids is 1. The van der Waals surface area contributed by atoms with Gasteiger partial charge in [-0.1, -0.05) is 36.4 Å². The normalized spacial score (nSPS) is 25.0. The molecule has 8 heteroatoms. The summed E-state index contributed by atoms with van der Waals surface area (Å²) in [6, 6.07) is 8.25. The summed E-state index contributed by atoms with van der Waals surface area (Å²) in [5, 5.41) is 49.1. The predicted octanol–water partition coefficient (Wildman–Crippen LogP) is 2.50. The van der Waals surface area contributed by atoms with Crippen LogP contribution in [0.5, 0.6) is 0 Å². The number of carbonyl (C=O) groups is 1. The van der Waals surface area contributed by atoms with Crippen LogP contribution in [-0.2, 0) is 22.4 Å². The fourth-order valence-corrected chi connectivity index (χ4v) is 5.65. The van der Waals surface area contributed by atoms with Crippen molar-refractivity contribution in [1.82, 2.24) is 0 Å². The Morgan fingerprint density at radius 1 is 1.08 bits per heavy atom. The number of allylic oxidation sites excluding steroid dienone is 2. The van der Waals surface area contributed by atoms with Crippen molar-refractivity contribution in [2.24, 2.45) is 23.2 Å². The molecular formula is C29H43FO7. The van der Waals surface area contributed by atoms with Crippen molar-refractivity contribution < 1.29 is 39.5 Å². The summed E-state index contributed by atoms with van der Waals surface area (Å²) in [6.07, 6.45) is 6.40. The highest BCUT2D eigenvalue weighted by Gasteiger charge is 2.42. The van der Waals surface area contributed by atoms with Gasteiger partial charge in [-0.25, -0.2) is 4.39 Å². The lowest BCUT2D eigenvalue weighted by atomic mass is 9.84. The van der Waals surface area contributed by atoms with Crippen LogP contribution in [0.2, 0.25) is 0 Å². The van der Waals surface area contributed by atoms with Gasteiger partial charge in [0.25, 0.3) is 0 Å². The lowest BCUT2D eigenvalue weighted by Crippen LogP contribution is -2.39. The smallest absolute Gasteiger partial charge is 0.305 e. The number of aliphatic hydroxyl groups is 5. The molecule has 0 saturated heterocycles. The highest BCUT2D eigenvalue weighted by Crippen LogP contribution is 2.41. The summed E-state index contributed by atoms with van der Waals surface area (Å²) in [6.45, 7) is -1.72. The molecule has 0 bridgehead atoms. The second-order valence-corrected chi connectivity index (χ2v) is 11.0. The number of hydrogen-bond acceptors (Lipinski definition) is 7. The van der Waals surface area contributed by atoms with E-state index >= 15 is 0 Å². The maximum Gasteiger partial charge on any atom is 0.305 e. The zero-order chi connectivity index (χ0) is 26.8. The maximum absolute atomic E-state index is 14.7. The summed E-state index contributed by atoms with van der Waals surface area (Å²) in [4.78, 5) is 11.9. The molecule has 2 aliphatic rings. The summed E-state index contributed by atoms with van der Waals surface area (Å²) in [5.41, 5.74) is 1.34. The topological polar surface area (TPSA) is 127 Å². The molecule has 1 aromatic rings. The van der Waals surface area contributed by atoms with E-state index in [4.69, 9.17) is 4.74 Å². The Kier molecular flexibility index (Phi) is 11.5. The molecule has 0 spiro atoms. The van der Waals surface area contributed by atoms with Crippen LogP contribution in [0.3, 0.4) is 0 Å². The Hall–Kier alpha value is -1.84. The molecule has 208 valence electrons. The van der Waals surface area contributed by atoms with Gasteiger partial charge in [-0.3, -0.25) is 4.79 Å². The number of benzene rings is 1. The molecule has 1 saturated carbocycles. The Morgan fingerprint density at radius 2 is 1.73 bits per heavy atom. The van der Waals surface area contributed by atoms with Crippen molar-refractivity contribution in [1.29, 1.82) is 0 Å². The quantitative estimate of drug-likeness (QED) is 0.136. The number of ether oxygens (including phenoxy) is 1. The second-order valence-electron chi connectivity index (χ2n) is 11.0. The zero-order valence-electron chi connectivity index (χ0n) is 21.6. The van der Waals surface area contributed by atoms with Gasteiger partial charge >= 0.3 is 5.97 Å². The SMILES string of the molecule is O=C(CCC/C=C\C[C@@H]1C(CC[C@@H](O)C2Cc3ccccc3C2)[C@@H](F)C[C@@H]1O)OCC(CO)(CO)CO. The van der Waals surface area contributed by atoms with Crippen molar-refractivity contribution in [3.63, 3.8) is 0 Å². The number of fused-ring (bicyclic) bond motifs is 1. The molecule has 0 radical (unpaired) electrons. The van der Waals surface area contributed by atoms with E-state index in [1.165, 1.54) is 11.1 Å². The average Bonchev–Trinajstić information content (AvgIpc) is 3.46. The van der Waals surface area contributed by atoms with E-state index in [9.17, 15) is 34.7 Å². The van der Waals surface area contributed by atoms with Crippen LogP contribution in [0.4, 0.5) is 4.39 Å². The predicted molar refractivity (Wildman–Crippen MR) is 137 cm³/mol. The monoisotopic (exact) mass is 522 g/mol. The van der Waals surface area contributed by atoms with Crippen molar-refractivity contribution in [2.75, 3.05) is 26.4 Å². The van der Waals surface area contributed by atoms with Gasteiger partial charge in [-0.2, -0.15) is 0 Å². The summed E-state index contributed by atoms with van der Waals surface area (Å²) < 4.78 is 19.8. The Balaban J connectivity index is 1.37. The zero-order valence-corrected chi connectivity index (χ0v) is 21.6. The molecule has 0 aliphatic heterocycles. The van der Waals surface area contributed by atoms with Gasteiger partial charge < -0.3 is 30.3 Å². The van der Waals surface area contributed by atoms with E-state index in [0.29, 0.717) is 32.1 Å². The van der Waals surface area contributed by atoms with Gasteiger partial charge in [-0.05, 0) is 73.8 Å². The first kappa shape index (κ1) is 29.7. The van der Waals surface area contributed by atoms with E-state index < -0.39 is 49.6 Å². The Morgan fingerprint density at radius 3 is 2.35 bits per heavy atom. The van der Waals surface area contributed by atoms with Crippen LogP contribution in [-0.4, -0.2) is 76.3 Å². The molecular weight excluding hydrogens is 479 g/mol. The van der Waals surface area contributed by atoms with Gasteiger partial charge in [0, 0.05) is 12.8 Å². The molecule has 3 rings (SSSR count). The van der Waals surface area contributed by atoms with Crippen LogP contribution in [0.1, 0.15) is 56.1 Å². The third-order valence-electron chi connectivity index (χ3n) is 8.27. The summed E-state index contributed by atoms with van der Waals surface area (Å²) in [5.74, 6) is -0.770. The van der Waals surface area contributed by atoms with Crippen LogP contribution in [0.15, 0.2) is 36.4 Å². The van der Waals surface area contributed by atoms with Crippen LogP contribution in [0.25, 0.3) is 0 Å². The third-order valence-corrected chi connectivity index (χ3v) is 8.27. The highest BCUT2D eigenvalue weighted by molar-refractivity contribution is 5.69. The lowest BCUT2D eigenvalue weighted by molar-refractivity contribution is -0.151. The van der Waals surface area contributed by atoms with Crippen LogP contribution in [0, 0.1) is 23.2 Å². The van der Waals surface area contributed by atoms with Crippen molar-refractivity contribution >= 4 is 5.97 Å². The van der Waals surface area contributed by atoms with Crippen LogP contribution < -0.4 is 0 Å². The number of hydrogen-bond donors (Lipinski definition) is 5. The minimum atomic E-state index is -1.24. The van der Waals surface area contributed by atoms with Crippen LogP contribution >= 0.6 is 0 Å². The van der Waals surface area contributed by atoms with E-state index in [1.807, 2.05) is 24.3 Å². The molecule has 1 fully saturated rings. The molecule has 0 amide bonds. The summed E-state index contributed by atoms with van der Waals surface area (Å²) in [7, 11) is 0. The third kappa shape index (κ3) is 8.07. The van der Waals surface area contributed by atoms with Gasteiger partial charge in [-0.15, -0.1) is 0 Å². The first-order valence-corrected chi connectivity index (χ1v) is 13.5. The number of unbranched alkanes of at least 4 members (excludes halogenated alkanes) is 1. The fourth-order valence-electron chi connectivity index (χ4n) is 5.65. The molecule has 7 nitrogen and oxygen atoms in total. The van der Waals surface area contributed by atoms with E-state index in [0.717, 1.165) is 12.8 Å². The van der Waals surface area contributed by atoms with Gasteiger partial charge in [0.15, 0.2) is 0 Å². The lowest BCUT2D eigenvalue weighted by Gasteiger charge is -2.26. The molecule has 2 aliphatic carbocycles. The van der Waals surface area contributed by atoms with Crippen molar-refractivity contribution in [3.8, 4) is 0 Å². The molecule has 5 atom stereocenters. The van der Waals surface area contributed by atoms with E-state index in [-0.39, 0.29) is 37.2 Å². The van der Waals surface area contributed by atoms with E-state index in [2.05, 4.69) is 12.1 Å². The number of rotatable bonds is 15. The van der Waals surface area contributed by atoms with Gasteiger partial charge in [0.1, 0.15) is 12.8 Å². The van der Waals surface area contributed by atoms with Crippen molar-refractivity contribution in [2.45, 2.75) is 76.2 Å². The Bertz CT molecular complexity index is 838. The first-order valence-electron chi connectivity index (χ1n) is 13.5. The fraction of sp³-hybridized carbons (Fsp3) is 0.690. The minimum Gasteiger partial charge on any atom is -0.465 e. The minimum absolute atomic E-state index is 0.136. The molecule has 37 heavy (non-hydrogen) atoms. The first-order chi connectivity index (χ1) is 17.8. The van der Waals surface area contributed by atoms with Gasteiger partial charge in [0.05, 0.1) is 37.4 Å². The molecule has 0 aromatic heterocycles. The largest absolute Gasteiger partial charge is 0.465 e. The number of halogens is 1. The Labute approximate surface area is 219 Å². The molecule has 1 unspecified atom stereocenters. The van der Waals surface area contributed by atoms with E-state index in [1.54, 1.807) is 0 Å². The highest BCUT2D eigenvalue weighted by atomic mass is 19.1. The van der Waals surface area contributed by atoms with Crippen molar-refractivity contribution in [3.05, 3.63) is 47.5 Å². The second kappa shape index (κ2) is 14.4. The maximum atomic E-state index is 14.7. The number of esters is 1. The van der Waals surface area contributed by atoms with Gasteiger partial charge in [0.2, 0.25) is 0 Å². The molecule has 0 heterocycles. The number of alkyl halides is 1. The molecule has 5 N–H and O–H groups in total. The standard InChI is InChI=1S/C29H43FO7/c30-25-15-27(35)24(9-3-1-2-4-10-28(36)37-19-29(16-31,17-32)18-33)23(25)11-12-26(34)22-13-20-7-5-6-8-21(20)14-22/h1,3,5-8,22-27,31-35H,2,4,9-19H2/b3-1-/t23?,24-,25+,26-,27+/m1/s1.